The zero-order chi connectivity index (χ0) is 13.4. The van der Waals surface area contributed by atoms with Crippen LogP contribution in [0.3, 0.4) is 0 Å². The van der Waals surface area contributed by atoms with Crippen molar-refractivity contribution in [1.82, 2.24) is 14.7 Å². The second kappa shape index (κ2) is 4.59. The van der Waals surface area contributed by atoms with E-state index in [4.69, 9.17) is 0 Å². The Balaban J connectivity index is 2.51. The minimum atomic E-state index is 0.154. The summed E-state index contributed by atoms with van der Waals surface area (Å²) in [5.74, 6) is 0.468. The van der Waals surface area contributed by atoms with Gasteiger partial charge in [0.1, 0.15) is 0 Å². The molecule has 0 fully saturated rings. The van der Waals surface area contributed by atoms with Crippen LogP contribution in [-0.2, 0) is 13.5 Å². The summed E-state index contributed by atoms with van der Waals surface area (Å²) in [6.07, 6.45) is 3.59. The highest BCUT2D eigenvalue weighted by molar-refractivity contribution is 6.11. The van der Waals surface area contributed by atoms with Gasteiger partial charge in [0.2, 0.25) is 0 Å². The fourth-order valence-electron chi connectivity index (χ4n) is 2.64. The first-order valence-corrected chi connectivity index (χ1v) is 6.39. The summed E-state index contributed by atoms with van der Waals surface area (Å²) in [7, 11) is 5.82. The molecule has 18 heavy (non-hydrogen) atoms. The van der Waals surface area contributed by atoms with E-state index in [0.29, 0.717) is 5.92 Å². The van der Waals surface area contributed by atoms with Gasteiger partial charge < -0.3 is 4.90 Å². The monoisotopic (exact) mass is 247 g/mol. The first kappa shape index (κ1) is 12.9. The zero-order valence-electron chi connectivity index (χ0n) is 11.8. The number of carbonyl (C=O) groups excluding carboxylic acids is 1. The van der Waals surface area contributed by atoms with Crippen LogP contribution in [0.15, 0.2) is 11.8 Å². The predicted molar refractivity (Wildman–Crippen MR) is 71.7 cm³/mol. The van der Waals surface area contributed by atoms with Crippen LogP contribution in [0.5, 0.6) is 0 Å². The highest BCUT2D eigenvalue weighted by atomic mass is 16.1. The Bertz CT molecular complexity index is 509. The summed E-state index contributed by atoms with van der Waals surface area (Å²) in [4.78, 5) is 14.5. The lowest BCUT2D eigenvalue weighted by Gasteiger charge is -2.17. The molecule has 1 aliphatic carbocycles. The Labute approximate surface area is 108 Å². The molecular weight excluding hydrogens is 226 g/mol. The van der Waals surface area contributed by atoms with Crippen molar-refractivity contribution in [3.8, 4) is 0 Å². The van der Waals surface area contributed by atoms with E-state index in [2.05, 4.69) is 18.9 Å². The van der Waals surface area contributed by atoms with E-state index in [0.717, 1.165) is 35.4 Å². The second-order valence-corrected chi connectivity index (χ2v) is 5.43. The van der Waals surface area contributed by atoms with Crippen LogP contribution in [0.25, 0.3) is 0 Å². The minimum Gasteiger partial charge on any atom is -0.383 e. The van der Waals surface area contributed by atoms with Crippen molar-refractivity contribution >= 4 is 5.78 Å². The molecule has 1 aliphatic rings. The van der Waals surface area contributed by atoms with Crippen molar-refractivity contribution in [3.05, 3.63) is 28.7 Å². The number of hydrogen-bond acceptors (Lipinski definition) is 3. The molecule has 0 spiro atoms. The average Bonchev–Trinajstić information content (AvgIpc) is 2.59. The molecule has 0 saturated carbocycles. The Morgan fingerprint density at radius 2 is 2.00 bits per heavy atom. The lowest BCUT2D eigenvalue weighted by molar-refractivity contribution is 0.102. The van der Waals surface area contributed by atoms with Crippen molar-refractivity contribution in [3.63, 3.8) is 0 Å². The number of hydrogen-bond donors (Lipinski definition) is 0. The van der Waals surface area contributed by atoms with Crippen molar-refractivity contribution in [2.75, 3.05) is 14.1 Å². The molecule has 2 rings (SSSR count). The fraction of sp³-hybridized carbons (Fsp3) is 0.571. The van der Waals surface area contributed by atoms with Crippen LogP contribution >= 0.6 is 0 Å². The molecule has 0 aromatic carbocycles. The van der Waals surface area contributed by atoms with Crippen molar-refractivity contribution in [2.24, 2.45) is 7.05 Å². The third kappa shape index (κ3) is 2.07. The van der Waals surface area contributed by atoms with E-state index in [-0.39, 0.29) is 5.78 Å². The van der Waals surface area contributed by atoms with Gasteiger partial charge in [0, 0.05) is 32.9 Å². The fourth-order valence-corrected chi connectivity index (χ4v) is 2.64. The summed E-state index contributed by atoms with van der Waals surface area (Å²) < 4.78 is 1.87. The van der Waals surface area contributed by atoms with E-state index in [9.17, 15) is 4.79 Å². The van der Waals surface area contributed by atoms with Crippen LogP contribution in [0, 0.1) is 0 Å². The summed E-state index contributed by atoms with van der Waals surface area (Å²) in [6, 6.07) is 0. The van der Waals surface area contributed by atoms with Gasteiger partial charge in [0.25, 0.3) is 0 Å². The quantitative estimate of drug-likeness (QED) is 0.751. The maximum absolute atomic E-state index is 12.5. The standard InChI is InChI=1S/C14H21N3O/c1-9(2)13-12-11(15-17(13)5)7-6-10(14(12)18)8-16(3)4/h8-9H,6-7H2,1-5H3/b10-8-. The van der Waals surface area contributed by atoms with Crippen molar-refractivity contribution in [1.29, 1.82) is 0 Å². The molecule has 1 aromatic rings. The minimum absolute atomic E-state index is 0.154. The van der Waals surface area contributed by atoms with Crippen LogP contribution in [0.4, 0.5) is 0 Å². The number of nitrogens with zero attached hydrogens (tertiary/aromatic N) is 3. The zero-order valence-corrected chi connectivity index (χ0v) is 11.8. The number of fused-ring (bicyclic) bond motifs is 1. The van der Waals surface area contributed by atoms with Gasteiger partial charge in [-0.1, -0.05) is 13.8 Å². The normalized spacial score (nSPS) is 17.4. The van der Waals surface area contributed by atoms with Gasteiger partial charge in [-0.25, -0.2) is 0 Å². The van der Waals surface area contributed by atoms with E-state index in [1.165, 1.54) is 0 Å². The lowest BCUT2D eigenvalue weighted by Crippen LogP contribution is -2.18. The number of Topliss-reactive ketones (excluding diaryl/α,β-unsaturated/α-hetero) is 1. The van der Waals surface area contributed by atoms with E-state index >= 15 is 0 Å². The molecule has 1 aromatic heterocycles. The molecule has 0 unspecified atom stereocenters. The maximum Gasteiger partial charge on any atom is 0.194 e. The van der Waals surface area contributed by atoms with Crippen LogP contribution in [0.1, 0.15) is 47.9 Å². The van der Waals surface area contributed by atoms with Crippen LogP contribution in [-0.4, -0.2) is 34.6 Å². The third-order valence-electron chi connectivity index (χ3n) is 3.27. The molecule has 4 nitrogen and oxygen atoms in total. The largest absolute Gasteiger partial charge is 0.383 e. The molecular formula is C14H21N3O. The summed E-state index contributed by atoms with van der Waals surface area (Å²) in [6.45, 7) is 4.21. The highest BCUT2D eigenvalue weighted by Gasteiger charge is 2.30. The summed E-state index contributed by atoms with van der Waals surface area (Å²) >= 11 is 0. The molecule has 98 valence electrons. The Hall–Kier alpha value is -1.58. The topological polar surface area (TPSA) is 38.1 Å². The number of aryl methyl sites for hydroxylation is 2. The molecule has 0 bridgehead atoms. The Morgan fingerprint density at radius 3 is 2.56 bits per heavy atom. The molecule has 1 heterocycles. The first-order chi connectivity index (χ1) is 8.41. The molecule has 0 radical (unpaired) electrons. The SMILES string of the molecule is CC(C)c1c2c(nn1C)CC/C(=C/N(C)C)C2=O. The molecule has 0 aliphatic heterocycles. The van der Waals surface area contributed by atoms with Gasteiger partial charge in [-0.15, -0.1) is 0 Å². The number of allylic oxidation sites excluding steroid dienone is 1. The molecule has 0 atom stereocenters. The van der Waals surface area contributed by atoms with Gasteiger partial charge in [0.15, 0.2) is 5.78 Å². The van der Waals surface area contributed by atoms with Gasteiger partial charge in [-0.2, -0.15) is 5.10 Å². The number of carbonyl (C=O) groups is 1. The summed E-state index contributed by atoms with van der Waals surface area (Å²) in [5.41, 5.74) is 3.75. The maximum atomic E-state index is 12.5. The van der Waals surface area contributed by atoms with Crippen LogP contribution < -0.4 is 0 Å². The molecule has 4 heteroatoms. The number of ketones is 1. The van der Waals surface area contributed by atoms with Gasteiger partial charge in [0.05, 0.1) is 17.0 Å². The Kier molecular flexibility index (Phi) is 3.28. The van der Waals surface area contributed by atoms with E-state index in [1.807, 2.05) is 36.9 Å². The Morgan fingerprint density at radius 1 is 1.33 bits per heavy atom. The lowest BCUT2D eigenvalue weighted by atomic mass is 9.88. The highest BCUT2D eigenvalue weighted by Crippen LogP contribution is 2.30. The van der Waals surface area contributed by atoms with E-state index < -0.39 is 0 Å². The predicted octanol–water partition coefficient (Wildman–Crippen LogP) is 2.12. The molecule has 0 amide bonds. The van der Waals surface area contributed by atoms with Crippen molar-refractivity contribution < 1.29 is 4.79 Å². The molecule has 0 N–H and O–H groups in total. The summed E-state index contributed by atoms with van der Waals surface area (Å²) in [5, 5.41) is 4.49. The van der Waals surface area contributed by atoms with E-state index in [1.54, 1.807) is 0 Å². The first-order valence-electron chi connectivity index (χ1n) is 6.39. The molecule has 0 saturated heterocycles. The van der Waals surface area contributed by atoms with Gasteiger partial charge in [-0.05, 0) is 18.8 Å². The second-order valence-electron chi connectivity index (χ2n) is 5.43. The van der Waals surface area contributed by atoms with Gasteiger partial charge >= 0.3 is 0 Å². The van der Waals surface area contributed by atoms with Gasteiger partial charge in [-0.3, -0.25) is 9.48 Å². The average molecular weight is 247 g/mol. The number of rotatable bonds is 2. The number of aromatic nitrogens is 2. The van der Waals surface area contributed by atoms with Crippen LogP contribution in [0.2, 0.25) is 0 Å². The third-order valence-corrected chi connectivity index (χ3v) is 3.27. The van der Waals surface area contributed by atoms with Crippen molar-refractivity contribution in [2.45, 2.75) is 32.6 Å². The smallest absolute Gasteiger partial charge is 0.194 e.